The number of aromatic nitrogens is 2. The number of carbonyl (C=O) groups excluding carboxylic acids is 2. The van der Waals surface area contributed by atoms with Crippen LogP contribution < -0.4 is 0 Å². The van der Waals surface area contributed by atoms with Crippen LogP contribution >= 0.6 is 0 Å². The second-order valence-electron chi connectivity index (χ2n) is 9.61. The van der Waals surface area contributed by atoms with Gasteiger partial charge in [0.05, 0.1) is 42.6 Å². The molecule has 7 heteroatoms. The number of Topliss-reactive ketones (excluding diaryl/α,β-unsaturated/α-hetero) is 1. The van der Waals surface area contributed by atoms with E-state index in [0.717, 1.165) is 0 Å². The molecular formula is C20H31N3O4. The predicted molar refractivity (Wildman–Crippen MR) is 101 cm³/mol. The molecule has 0 aliphatic carbocycles. The molecule has 0 aromatic carbocycles. The number of ether oxygens (including phenoxy) is 2. The average Bonchev–Trinajstić information content (AvgIpc) is 3.01. The zero-order valence-corrected chi connectivity index (χ0v) is 17.2. The summed E-state index contributed by atoms with van der Waals surface area (Å²) in [5.74, 6) is -0.0218. The van der Waals surface area contributed by atoms with Crippen molar-refractivity contribution in [1.82, 2.24) is 14.7 Å². The first kappa shape index (κ1) is 19.9. The van der Waals surface area contributed by atoms with Gasteiger partial charge >= 0.3 is 6.09 Å². The number of piperidine rings is 1. The minimum Gasteiger partial charge on any atom is -0.444 e. The fraction of sp³-hybridized carbons (Fsp3) is 0.750. The van der Waals surface area contributed by atoms with E-state index >= 15 is 0 Å². The van der Waals surface area contributed by atoms with Crippen LogP contribution in [-0.2, 0) is 15.0 Å². The lowest BCUT2D eigenvalue weighted by molar-refractivity contribution is -0.0861. The van der Waals surface area contributed by atoms with Gasteiger partial charge in [-0.1, -0.05) is 0 Å². The summed E-state index contributed by atoms with van der Waals surface area (Å²) in [6, 6.07) is -0.252. The second kappa shape index (κ2) is 6.93. The molecule has 150 valence electrons. The van der Waals surface area contributed by atoms with Crippen molar-refractivity contribution in [2.45, 2.75) is 77.6 Å². The van der Waals surface area contributed by atoms with Crippen molar-refractivity contribution in [1.29, 1.82) is 0 Å². The number of ketones is 1. The van der Waals surface area contributed by atoms with Gasteiger partial charge in [-0.05, 0) is 54.4 Å². The van der Waals surface area contributed by atoms with Crippen LogP contribution in [0.5, 0.6) is 0 Å². The minimum absolute atomic E-state index is 0.103. The van der Waals surface area contributed by atoms with Crippen LogP contribution in [0.1, 0.15) is 64.7 Å². The van der Waals surface area contributed by atoms with Gasteiger partial charge in [-0.3, -0.25) is 14.4 Å². The summed E-state index contributed by atoms with van der Waals surface area (Å²) in [5.41, 5.74) is -0.0664. The molecule has 2 aliphatic heterocycles. The third-order valence-electron chi connectivity index (χ3n) is 5.05. The van der Waals surface area contributed by atoms with E-state index in [2.05, 4.69) is 25.9 Å². The molecule has 2 saturated heterocycles. The molecule has 2 fully saturated rings. The minimum atomic E-state index is -0.541. The van der Waals surface area contributed by atoms with Crippen molar-refractivity contribution in [2.75, 3.05) is 13.2 Å². The van der Waals surface area contributed by atoms with Crippen LogP contribution in [0.4, 0.5) is 4.79 Å². The van der Waals surface area contributed by atoms with Crippen LogP contribution in [0.15, 0.2) is 12.4 Å². The Morgan fingerprint density at radius 1 is 1.11 bits per heavy atom. The van der Waals surface area contributed by atoms with Gasteiger partial charge < -0.3 is 9.47 Å². The van der Waals surface area contributed by atoms with Gasteiger partial charge in [0.2, 0.25) is 0 Å². The smallest absolute Gasteiger partial charge is 0.410 e. The number of carbonyl (C=O) groups is 2. The van der Waals surface area contributed by atoms with Crippen LogP contribution in [0.3, 0.4) is 0 Å². The summed E-state index contributed by atoms with van der Waals surface area (Å²) in [6.45, 7) is 12.6. The van der Waals surface area contributed by atoms with Crippen molar-refractivity contribution in [3.63, 3.8) is 0 Å². The highest BCUT2D eigenvalue weighted by atomic mass is 16.6. The van der Waals surface area contributed by atoms with Gasteiger partial charge in [0, 0.05) is 12.1 Å². The largest absolute Gasteiger partial charge is 0.444 e. The summed E-state index contributed by atoms with van der Waals surface area (Å²) >= 11 is 0. The van der Waals surface area contributed by atoms with E-state index in [9.17, 15) is 9.59 Å². The fourth-order valence-corrected chi connectivity index (χ4v) is 3.79. The third-order valence-corrected chi connectivity index (χ3v) is 5.05. The average molecular weight is 377 g/mol. The van der Waals surface area contributed by atoms with Gasteiger partial charge in [0.15, 0.2) is 5.78 Å². The van der Waals surface area contributed by atoms with Crippen LogP contribution in [0, 0.1) is 5.92 Å². The summed E-state index contributed by atoms with van der Waals surface area (Å²) in [5, 5.41) is 4.35. The summed E-state index contributed by atoms with van der Waals surface area (Å²) in [6.07, 6.45) is 4.35. The predicted octanol–water partition coefficient (Wildman–Crippen LogP) is 3.24. The molecule has 2 aliphatic rings. The Bertz CT molecular complexity index is 700. The zero-order chi connectivity index (χ0) is 20.0. The van der Waals surface area contributed by atoms with E-state index in [1.54, 1.807) is 11.1 Å². The molecule has 0 radical (unpaired) electrons. The van der Waals surface area contributed by atoms with Gasteiger partial charge in [-0.2, -0.15) is 5.10 Å². The van der Waals surface area contributed by atoms with Crippen molar-refractivity contribution in [3.05, 3.63) is 18.0 Å². The SMILES string of the molecule is CC(C)(C)OC(=O)N1C2COCC1CC(C(=O)c1cnn(C(C)(C)C)c1)C2. The molecule has 27 heavy (non-hydrogen) atoms. The van der Waals surface area contributed by atoms with E-state index in [4.69, 9.17) is 9.47 Å². The van der Waals surface area contributed by atoms with Gasteiger partial charge in [0.25, 0.3) is 0 Å². The summed E-state index contributed by atoms with van der Waals surface area (Å²) in [7, 11) is 0. The molecule has 0 spiro atoms. The Hall–Kier alpha value is -1.89. The molecule has 3 heterocycles. The number of nitrogens with zero attached hydrogens (tertiary/aromatic N) is 3. The van der Waals surface area contributed by atoms with E-state index < -0.39 is 5.60 Å². The highest BCUT2D eigenvalue weighted by Gasteiger charge is 2.45. The first-order valence-electron chi connectivity index (χ1n) is 9.64. The second-order valence-corrected chi connectivity index (χ2v) is 9.61. The third kappa shape index (κ3) is 4.34. The lowest BCUT2D eigenvalue weighted by Gasteiger charge is -2.47. The quantitative estimate of drug-likeness (QED) is 0.740. The summed E-state index contributed by atoms with van der Waals surface area (Å²) < 4.78 is 13.0. The van der Waals surface area contributed by atoms with Crippen molar-refractivity contribution in [3.8, 4) is 0 Å². The Labute approximate surface area is 161 Å². The molecular weight excluding hydrogens is 346 g/mol. The Morgan fingerprint density at radius 2 is 1.70 bits per heavy atom. The van der Waals surface area contributed by atoms with Crippen LogP contribution in [-0.4, -0.2) is 57.5 Å². The van der Waals surface area contributed by atoms with Crippen molar-refractivity contribution in [2.24, 2.45) is 5.92 Å². The number of amides is 1. The number of hydrogen-bond acceptors (Lipinski definition) is 5. The molecule has 2 bridgehead atoms. The van der Waals surface area contributed by atoms with Gasteiger partial charge in [0.1, 0.15) is 5.60 Å². The molecule has 2 unspecified atom stereocenters. The number of morpholine rings is 1. The maximum Gasteiger partial charge on any atom is 0.410 e. The van der Waals surface area contributed by atoms with Gasteiger partial charge in [-0.25, -0.2) is 4.79 Å². The van der Waals surface area contributed by atoms with Crippen LogP contribution in [0.25, 0.3) is 0 Å². The Balaban J connectivity index is 1.73. The highest BCUT2D eigenvalue weighted by molar-refractivity contribution is 5.97. The number of rotatable bonds is 2. The number of fused-ring (bicyclic) bond motifs is 2. The molecule has 2 atom stereocenters. The Kier molecular flexibility index (Phi) is 5.10. The lowest BCUT2D eigenvalue weighted by atomic mass is 9.81. The first-order chi connectivity index (χ1) is 12.5. The van der Waals surface area contributed by atoms with E-state index in [0.29, 0.717) is 31.6 Å². The molecule has 1 aromatic rings. The lowest BCUT2D eigenvalue weighted by Crippen LogP contribution is -2.60. The molecule has 7 nitrogen and oxygen atoms in total. The topological polar surface area (TPSA) is 73.7 Å². The van der Waals surface area contributed by atoms with Crippen LogP contribution in [0.2, 0.25) is 0 Å². The highest BCUT2D eigenvalue weighted by Crippen LogP contribution is 2.34. The van der Waals surface area contributed by atoms with E-state index in [-0.39, 0.29) is 35.4 Å². The fourth-order valence-electron chi connectivity index (χ4n) is 3.79. The number of hydrogen-bond donors (Lipinski definition) is 0. The molecule has 3 rings (SSSR count). The molecule has 0 N–H and O–H groups in total. The van der Waals surface area contributed by atoms with Crippen molar-refractivity contribution >= 4 is 11.9 Å². The standard InChI is InChI=1S/C20H31N3O4/c1-19(2,3)22-10-14(9-21-22)17(24)13-7-15-11-26-12-16(8-13)23(15)18(25)27-20(4,5)6/h9-10,13,15-16H,7-8,11-12H2,1-6H3. The van der Waals surface area contributed by atoms with Crippen molar-refractivity contribution < 1.29 is 19.1 Å². The molecule has 1 amide bonds. The molecule has 1 aromatic heterocycles. The maximum atomic E-state index is 13.0. The normalized spacial score (nSPS) is 26.0. The van der Waals surface area contributed by atoms with E-state index in [1.807, 2.05) is 31.6 Å². The van der Waals surface area contributed by atoms with Gasteiger partial charge in [-0.15, -0.1) is 0 Å². The monoisotopic (exact) mass is 377 g/mol. The molecule has 0 saturated carbocycles. The zero-order valence-electron chi connectivity index (χ0n) is 17.2. The Morgan fingerprint density at radius 3 is 2.19 bits per heavy atom. The first-order valence-corrected chi connectivity index (χ1v) is 9.64. The summed E-state index contributed by atoms with van der Waals surface area (Å²) in [4.78, 5) is 27.5. The van der Waals surface area contributed by atoms with E-state index in [1.165, 1.54) is 0 Å². The maximum absolute atomic E-state index is 13.0.